The van der Waals surface area contributed by atoms with Crippen LogP contribution in [-0.2, 0) is 20.8 Å². The Morgan fingerprint density at radius 2 is 2.38 bits per heavy atom. The van der Waals surface area contributed by atoms with Gasteiger partial charge in [-0.15, -0.1) is 0 Å². The zero-order valence-electron chi connectivity index (χ0n) is 8.36. The first-order valence-corrected chi connectivity index (χ1v) is 4.80. The monoisotopic (exact) mass is 222 g/mol. The molecule has 1 aromatic rings. The second kappa shape index (κ2) is 4.18. The van der Waals surface area contributed by atoms with Crippen molar-refractivity contribution in [2.45, 2.75) is 18.9 Å². The van der Waals surface area contributed by atoms with Crippen LogP contribution in [0.3, 0.4) is 0 Å². The van der Waals surface area contributed by atoms with Gasteiger partial charge in [-0.25, -0.2) is 0 Å². The highest BCUT2D eigenvalue weighted by molar-refractivity contribution is 6.06. The van der Waals surface area contributed by atoms with Crippen LogP contribution in [0.2, 0.25) is 0 Å². The highest BCUT2D eigenvalue weighted by Gasteiger charge is 2.31. The summed E-state index contributed by atoms with van der Waals surface area (Å²) in [5, 5.41) is 4.58. The summed E-state index contributed by atoms with van der Waals surface area (Å²) in [4.78, 5) is 33.5. The number of furan rings is 1. The number of nitrogens with one attached hydrogen (secondary N) is 2. The third-order valence-electron chi connectivity index (χ3n) is 2.22. The third-order valence-corrected chi connectivity index (χ3v) is 2.22. The van der Waals surface area contributed by atoms with E-state index in [-0.39, 0.29) is 24.7 Å². The molecule has 1 aliphatic rings. The average Bonchev–Trinajstić information content (AvgIpc) is 2.78. The van der Waals surface area contributed by atoms with Crippen molar-refractivity contribution in [2.24, 2.45) is 0 Å². The molecule has 0 saturated carbocycles. The summed E-state index contributed by atoms with van der Waals surface area (Å²) in [6.45, 7) is 0. The van der Waals surface area contributed by atoms with Crippen molar-refractivity contribution >= 4 is 17.7 Å². The molecule has 2 N–H and O–H groups in total. The second-order valence-electron chi connectivity index (χ2n) is 3.49. The van der Waals surface area contributed by atoms with E-state index in [2.05, 4.69) is 10.6 Å². The first kappa shape index (κ1) is 10.4. The Morgan fingerprint density at radius 1 is 1.56 bits per heavy atom. The van der Waals surface area contributed by atoms with Crippen molar-refractivity contribution in [1.29, 1.82) is 0 Å². The van der Waals surface area contributed by atoms with Crippen molar-refractivity contribution in [3.05, 3.63) is 24.2 Å². The standard InChI is InChI=1S/C10H10N2O4/c13-8(4-6-2-1-3-16-6)11-7-5-9(14)12-10(7)15/h1-3,7H,4-5H2,(H,11,13)(H,12,14,15). The minimum atomic E-state index is -0.755. The Hall–Kier alpha value is -2.11. The van der Waals surface area contributed by atoms with Crippen molar-refractivity contribution in [2.75, 3.05) is 0 Å². The lowest BCUT2D eigenvalue weighted by molar-refractivity contribution is -0.128. The topological polar surface area (TPSA) is 88.4 Å². The molecule has 84 valence electrons. The van der Waals surface area contributed by atoms with Crippen LogP contribution < -0.4 is 10.6 Å². The average molecular weight is 222 g/mol. The fraction of sp³-hybridized carbons (Fsp3) is 0.300. The molecule has 16 heavy (non-hydrogen) atoms. The molecule has 1 atom stereocenters. The smallest absolute Gasteiger partial charge is 0.249 e. The number of rotatable bonds is 3. The summed E-state index contributed by atoms with van der Waals surface area (Å²) < 4.78 is 4.99. The number of imide groups is 1. The van der Waals surface area contributed by atoms with Crippen LogP contribution in [0.4, 0.5) is 0 Å². The largest absolute Gasteiger partial charge is 0.469 e. The highest BCUT2D eigenvalue weighted by atomic mass is 16.3. The maximum atomic E-state index is 11.5. The lowest BCUT2D eigenvalue weighted by Crippen LogP contribution is -2.40. The lowest BCUT2D eigenvalue weighted by atomic mass is 10.2. The van der Waals surface area contributed by atoms with Gasteiger partial charge < -0.3 is 9.73 Å². The van der Waals surface area contributed by atoms with Gasteiger partial charge >= 0.3 is 0 Å². The SMILES string of the molecule is O=C1CC(NC(=O)Cc2ccco2)C(=O)N1. The van der Waals surface area contributed by atoms with Crippen LogP contribution >= 0.6 is 0 Å². The molecule has 6 nitrogen and oxygen atoms in total. The van der Waals surface area contributed by atoms with Gasteiger partial charge in [0.25, 0.3) is 0 Å². The van der Waals surface area contributed by atoms with Crippen LogP contribution in [0.25, 0.3) is 0 Å². The van der Waals surface area contributed by atoms with E-state index >= 15 is 0 Å². The van der Waals surface area contributed by atoms with Gasteiger partial charge in [0.15, 0.2) is 0 Å². The van der Waals surface area contributed by atoms with E-state index in [0.717, 1.165) is 0 Å². The normalized spacial score (nSPS) is 19.6. The molecule has 0 aliphatic carbocycles. The van der Waals surface area contributed by atoms with Gasteiger partial charge in [-0.1, -0.05) is 0 Å². The molecule has 0 aromatic carbocycles. The van der Waals surface area contributed by atoms with Crippen LogP contribution in [0.5, 0.6) is 0 Å². The van der Waals surface area contributed by atoms with Crippen LogP contribution in [0.15, 0.2) is 22.8 Å². The van der Waals surface area contributed by atoms with Gasteiger partial charge in [-0.05, 0) is 12.1 Å². The second-order valence-corrected chi connectivity index (χ2v) is 3.49. The maximum absolute atomic E-state index is 11.5. The van der Waals surface area contributed by atoms with Gasteiger partial charge in [0.2, 0.25) is 17.7 Å². The molecule has 1 unspecified atom stereocenters. The summed E-state index contributed by atoms with van der Waals surface area (Å²) in [5.74, 6) is -0.655. The first-order chi connectivity index (χ1) is 7.65. The van der Waals surface area contributed by atoms with Crippen LogP contribution in [0, 0.1) is 0 Å². The van der Waals surface area contributed by atoms with Gasteiger partial charge in [-0.2, -0.15) is 0 Å². The molecule has 3 amide bonds. The number of carbonyl (C=O) groups is 3. The van der Waals surface area contributed by atoms with Crippen molar-refractivity contribution < 1.29 is 18.8 Å². The fourth-order valence-electron chi connectivity index (χ4n) is 1.49. The van der Waals surface area contributed by atoms with Crippen molar-refractivity contribution in [3.63, 3.8) is 0 Å². The van der Waals surface area contributed by atoms with E-state index in [4.69, 9.17) is 4.42 Å². The number of amides is 3. The minimum Gasteiger partial charge on any atom is -0.469 e. The fourth-order valence-corrected chi connectivity index (χ4v) is 1.49. The molecule has 0 radical (unpaired) electrons. The zero-order valence-corrected chi connectivity index (χ0v) is 8.36. The summed E-state index contributed by atoms with van der Waals surface area (Å²) in [6, 6.07) is 2.59. The molecule has 2 heterocycles. The molecule has 6 heteroatoms. The van der Waals surface area contributed by atoms with Gasteiger partial charge in [0, 0.05) is 0 Å². The number of hydrogen-bond acceptors (Lipinski definition) is 4. The van der Waals surface area contributed by atoms with E-state index in [1.165, 1.54) is 6.26 Å². The quantitative estimate of drug-likeness (QED) is 0.665. The van der Waals surface area contributed by atoms with Gasteiger partial charge in [0.1, 0.15) is 11.8 Å². The molecule has 1 aliphatic heterocycles. The highest BCUT2D eigenvalue weighted by Crippen LogP contribution is 2.04. The molecule has 0 spiro atoms. The first-order valence-electron chi connectivity index (χ1n) is 4.80. The predicted octanol–water partition coefficient (Wildman–Crippen LogP) is -0.647. The Bertz CT molecular complexity index is 424. The minimum absolute atomic E-state index is 0.00271. The Labute approximate surface area is 91.0 Å². The molecule has 1 fully saturated rings. The van der Waals surface area contributed by atoms with Gasteiger partial charge in [-0.3, -0.25) is 19.7 Å². The van der Waals surface area contributed by atoms with E-state index in [1.807, 2.05) is 0 Å². The predicted molar refractivity (Wildman–Crippen MR) is 52.1 cm³/mol. The van der Waals surface area contributed by atoms with E-state index < -0.39 is 11.9 Å². The summed E-state index contributed by atoms with van der Waals surface area (Å²) in [5.41, 5.74) is 0. The summed E-state index contributed by atoms with van der Waals surface area (Å²) in [6.07, 6.45) is 1.53. The Balaban J connectivity index is 1.88. The van der Waals surface area contributed by atoms with E-state index in [9.17, 15) is 14.4 Å². The van der Waals surface area contributed by atoms with E-state index in [0.29, 0.717) is 5.76 Å². The zero-order chi connectivity index (χ0) is 11.5. The molecule has 2 rings (SSSR count). The number of carbonyl (C=O) groups excluding carboxylic acids is 3. The Morgan fingerprint density at radius 3 is 2.94 bits per heavy atom. The van der Waals surface area contributed by atoms with Gasteiger partial charge in [0.05, 0.1) is 19.1 Å². The molecule has 1 aromatic heterocycles. The molecular weight excluding hydrogens is 212 g/mol. The maximum Gasteiger partial charge on any atom is 0.249 e. The molecule has 0 bridgehead atoms. The number of hydrogen-bond donors (Lipinski definition) is 2. The lowest BCUT2D eigenvalue weighted by Gasteiger charge is -2.07. The Kier molecular flexibility index (Phi) is 2.72. The third kappa shape index (κ3) is 2.28. The molecular formula is C10H10N2O4. The van der Waals surface area contributed by atoms with E-state index in [1.54, 1.807) is 12.1 Å². The van der Waals surface area contributed by atoms with Crippen molar-refractivity contribution in [1.82, 2.24) is 10.6 Å². The summed E-state index contributed by atoms with van der Waals surface area (Å²) in [7, 11) is 0. The van der Waals surface area contributed by atoms with Crippen LogP contribution in [-0.4, -0.2) is 23.8 Å². The van der Waals surface area contributed by atoms with Crippen molar-refractivity contribution in [3.8, 4) is 0 Å². The summed E-state index contributed by atoms with van der Waals surface area (Å²) >= 11 is 0. The molecule has 1 saturated heterocycles. The van der Waals surface area contributed by atoms with Crippen LogP contribution in [0.1, 0.15) is 12.2 Å².